The van der Waals surface area contributed by atoms with Gasteiger partial charge in [0.25, 0.3) is 0 Å². The topological polar surface area (TPSA) is 64.4 Å². The number of halogens is 2. The summed E-state index contributed by atoms with van der Waals surface area (Å²) in [5.41, 5.74) is 0. The SMILES string of the molecule is CC(C#N)N1CCN(S(=O)(=O)c2ccc(Cl)c(Cl)c2)CC1. The Bertz CT molecular complexity index is 664. The van der Waals surface area contributed by atoms with Crippen molar-refractivity contribution >= 4 is 33.2 Å². The molecular weight excluding hydrogens is 333 g/mol. The molecule has 21 heavy (non-hydrogen) atoms. The number of hydrogen-bond acceptors (Lipinski definition) is 4. The maximum Gasteiger partial charge on any atom is 0.243 e. The van der Waals surface area contributed by atoms with Gasteiger partial charge in [0.05, 0.1) is 27.1 Å². The van der Waals surface area contributed by atoms with Crippen LogP contribution in [0.1, 0.15) is 6.92 Å². The first kappa shape index (κ1) is 16.5. The maximum atomic E-state index is 12.5. The van der Waals surface area contributed by atoms with Crippen LogP contribution in [0.5, 0.6) is 0 Å². The van der Waals surface area contributed by atoms with Crippen LogP contribution in [0.25, 0.3) is 0 Å². The van der Waals surface area contributed by atoms with E-state index in [0.717, 1.165) is 0 Å². The summed E-state index contributed by atoms with van der Waals surface area (Å²) in [5, 5.41) is 9.44. The quantitative estimate of drug-likeness (QED) is 0.840. The molecule has 1 saturated heterocycles. The van der Waals surface area contributed by atoms with Crippen LogP contribution < -0.4 is 0 Å². The van der Waals surface area contributed by atoms with Crippen molar-refractivity contribution in [1.82, 2.24) is 9.21 Å². The van der Waals surface area contributed by atoms with Crippen molar-refractivity contribution in [2.75, 3.05) is 26.2 Å². The van der Waals surface area contributed by atoms with E-state index < -0.39 is 10.0 Å². The van der Waals surface area contributed by atoms with E-state index in [4.69, 9.17) is 28.5 Å². The minimum atomic E-state index is -3.58. The lowest BCUT2D eigenvalue weighted by Crippen LogP contribution is -2.50. The van der Waals surface area contributed by atoms with Gasteiger partial charge in [-0.2, -0.15) is 9.57 Å². The molecule has 1 aromatic rings. The van der Waals surface area contributed by atoms with E-state index in [9.17, 15) is 8.42 Å². The van der Waals surface area contributed by atoms with Crippen LogP contribution in [0.3, 0.4) is 0 Å². The molecule has 1 fully saturated rings. The summed E-state index contributed by atoms with van der Waals surface area (Å²) in [6, 6.07) is 6.24. The van der Waals surface area contributed by atoms with Gasteiger partial charge in [-0.25, -0.2) is 8.42 Å². The summed E-state index contributed by atoms with van der Waals surface area (Å²) in [6.07, 6.45) is 0. The van der Waals surface area contributed by atoms with Gasteiger partial charge in [-0.3, -0.25) is 4.90 Å². The number of sulfonamides is 1. The third-order valence-electron chi connectivity index (χ3n) is 3.54. The molecule has 0 saturated carbocycles. The Hall–Kier alpha value is -0.840. The van der Waals surface area contributed by atoms with E-state index in [2.05, 4.69) is 6.07 Å². The second kappa shape index (κ2) is 6.51. The first-order valence-corrected chi connectivity index (χ1v) is 8.64. The molecule has 0 radical (unpaired) electrons. The van der Waals surface area contributed by atoms with Crippen LogP contribution in [0.2, 0.25) is 10.0 Å². The van der Waals surface area contributed by atoms with Crippen LogP contribution in [-0.2, 0) is 10.0 Å². The summed E-state index contributed by atoms with van der Waals surface area (Å²) in [5.74, 6) is 0. The molecule has 5 nitrogen and oxygen atoms in total. The summed E-state index contributed by atoms with van der Waals surface area (Å²) in [6.45, 7) is 3.59. The van der Waals surface area contributed by atoms with Gasteiger partial charge < -0.3 is 0 Å². The van der Waals surface area contributed by atoms with E-state index in [1.165, 1.54) is 22.5 Å². The van der Waals surface area contributed by atoms with Gasteiger partial charge in [-0.15, -0.1) is 0 Å². The predicted molar refractivity (Wildman–Crippen MR) is 81.9 cm³/mol. The van der Waals surface area contributed by atoms with E-state index >= 15 is 0 Å². The normalized spacial score (nSPS) is 19.1. The molecule has 1 atom stereocenters. The molecule has 2 rings (SSSR count). The van der Waals surface area contributed by atoms with Gasteiger partial charge in [0.15, 0.2) is 0 Å². The minimum Gasteiger partial charge on any atom is -0.286 e. The molecule has 0 aromatic heterocycles. The molecule has 0 bridgehead atoms. The fraction of sp³-hybridized carbons (Fsp3) is 0.462. The molecule has 114 valence electrons. The average Bonchev–Trinajstić information content (AvgIpc) is 2.49. The second-order valence-electron chi connectivity index (χ2n) is 4.82. The highest BCUT2D eigenvalue weighted by Gasteiger charge is 2.30. The highest BCUT2D eigenvalue weighted by molar-refractivity contribution is 7.89. The highest BCUT2D eigenvalue weighted by atomic mass is 35.5. The third-order valence-corrected chi connectivity index (χ3v) is 6.17. The predicted octanol–water partition coefficient (Wildman–Crippen LogP) is 2.21. The van der Waals surface area contributed by atoms with E-state index in [1.54, 1.807) is 0 Å². The Balaban J connectivity index is 2.15. The van der Waals surface area contributed by atoms with Crippen LogP contribution in [0, 0.1) is 11.3 Å². The lowest BCUT2D eigenvalue weighted by atomic mass is 10.2. The van der Waals surface area contributed by atoms with Crippen molar-refractivity contribution in [3.63, 3.8) is 0 Å². The zero-order valence-corrected chi connectivity index (χ0v) is 13.8. The van der Waals surface area contributed by atoms with Gasteiger partial charge in [0, 0.05) is 26.2 Å². The largest absolute Gasteiger partial charge is 0.286 e. The minimum absolute atomic E-state index is 0.138. The second-order valence-corrected chi connectivity index (χ2v) is 7.57. The summed E-state index contributed by atoms with van der Waals surface area (Å²) in [4.78, 5) is 2.10. The number of nitrogens with zero attached hydrogens (tertiary/aromatic N) is 3. The Kier molecular flexibility index (Phi) is 5.12. The van der Waals surface area contributed by atoms with Crippen molar-refractivity contribution in [3.8, 4) is 6.07 Å². The standard InChI is InChI=1S/C13H15Cl2N3O2S/c1-10(9-16)17-4-6-18(7-5-17)21(19,20)11-2-3-12(14)13(15)8-11/h2-3,8,10H,4-7H2,1H3. The molecular formula is C13H15Cl2N3O2S. The fourth-order valence-electron chi connectivity index (χ4n) is 2.20. The number of benzene rings is 1. The van der Waals surface area contributed by atoms with E-state index in [1.807, 2.05) is 11.8 Å². The van der Waals surface area contributed by atoms with Gasteiger partial charge in [0.2, 0.25) is 10.0 Å². The van der Waals surface area contributed by atoms with Gasteiger partial charge in [-0.1, -0.05) is 23.2 Å². The first-order chi connectivity index (χ1) is 9.86. The number of hydrogen-bond donors (Lipinski definition) is 0. The van der Waals surface area contributed by atoms with Gasteiger partial charge in [-0.05, 0) is 25.1 Å². The molecule has 1 unspecified atom stereocenters. The van der Waals surface area contributed by atoms with Crippen molar-refractivity contribution in [1.29, 1.82) is 5.26 Å². The third kappa shape index (κ3) is 3.50. The van der Waals surface area contributed by atoms with Gasteiger partial charge in [0.1, 0.15) is 0 Å². The van der Waals surface area contributed by atoms with Crippen molar-refractivity contribution in [3.05, 3.63) is 28.2 Å². The lowest BCUT2D eigenvalue weighted by molar-refractivity contribution is 0.169. The maximum absolute atomic E-state index is 12.5. The number of piperazine rings is 1. The molecule has 1 aliphatic rings. The molecule has 0 N–H and O–H groups in total. The van der Waals surface area contributed by atoms with Crippen molar-refractivity contribution < 1.29 is 8.42 Å². The highest BCUT2D eigenvalue weighted by Crippen LogP contribution is 2.27. The average molecular weight is 348 g/mol. The number of rotatable bonds is 3. The summed E-state index contributed by atoms with van der Waals surface area (Å²) < 4.78 is 26.5. The molecule has 0 amide bonds. The van der Waals surface area contributed by atoms with Crippen molar-refractivity contribution in [2.45, 2.75) is 17.9 Å². The Morgan fingerprint density at radius 2 is 1.81 bits per heavy atom. The summed E-state index contributed by atoms with van der Waals surface area (Å²) in [7, 11) is -3.58. The summed E-state index contributed by atoms with van der Waals surface area (Å²) >= 11 is 11.7. The first-order valence-electron chi connectivity index (χ1n) is 6.45. The van der Waals surface area contributed by atoms with Crippen LogP contribution in [0.4, 0.5) is 0 Å². The molecule has 0 aliphatic carbocycles. The Morgan fingerprint density at radius 3 is 2.33 bits per heavy atom. The zero-order chi connectivity index (χ0) is 15.6. The smallest absolute Gasteiger partial charge is 0.243 e. The van der Waals surface area contributed by atoms with E-state index in [-0.39, 0.29) is 16.0 Å². The van der Waals surface area contributed by atoms with Crippen molar-refractivity contribution in [2.24, 2.45) is 0 Å². The lowest BCUT2D eigenvalue weighted by Gasteiger charge is -2.35. The van der Waals surface area contributed by atoms with Crippen LogP contribution >= 0.6 is 23.2 Å². The monoisotopic (exact) mass is 347 g/mol. The molecule has 1 heterocycles. The van der Waals surface area contributed by atoms with Crippen LogP contribution in [0.15, 0.2) is 23.1 Å². The molecule has 1 aromatic carbocycles. The Labute approximate surface area is 134 Å². The zero-order valence-electron chi connectivity index (χ0n) is 11.5. The molecule has 8 heteroatoms. The molecule has 0 spiro atoms. The van der Waals surface area contributed by atoms with E-state index in [0.29, 0.717) is 31.2 Å². The van der Waals surface area contributed by atoms with Gasteiger partial charge >= 0.3 is 0 Å². The molecule has 1 aliphatic heterocycles. The Morgan fingerprint density at radius 1 is 1.19 bits per heavy atom. The number of nitriles is 1. The van der Waals surface area contributed by atoms with Crippen LogP contribution in [-0.4, -0.2) is 49.8 Å². The fourth-order valence-corrected chi connectivity index (χ4v) is 4.01.